The van der Waals surface area contributed by atoms with Crippen LogP contribution >= 0.6 is 11.6 Å². The number of esters is 2. The first-order valence-electron chi connectivity index (χ1n) is 6.12. The molecule has 0 aliphatic carbocycles. The Labute approximate surface area is 126 Å². The van der Waals surface area contributed by atoms with E-state index in [9.17, 15) is 14.7 Å². The van der Waals surface area contributed by atoms with Crippen molar-refractivity contribution in [3.8, 4) is 5.75 Å². The monoisotopic (exact) mass is 311 g/mol. The van der Waals surface area contributed by atoms with E-state index in [4.69, 9.17) is 21.1 Å². The number of nitrogens with one attached hydrogen (secondary N) is 1. The third-order valence-corrected chi connectivity index (χ3v) is 2.97. The van der Waals surface area contributed by atoms with E-state index >= 15 is 0 Å². The number of ether oxygens (including phenoxy) is 2. The molecule has 0 bridgehead atoms. The number of hydrogen-bond donors (Lipinski definition) is 2. The summed E-state index contributed by atoms with van der Waals surface area (Å²) in [6, 6.07) is 3.05. The van der Waals surface area contributed by atoms with Crippen LogP contribution in [0.1, 0.15) is 19.4 Å². The maximum absolute atomic E-state index is 11.7. The molecule has 2 rings (SSSR count). The van der Waals surface area contributed by atoms with E-state index in [2.05, 4.69) is 5.32 Å². The fraction of sp³-hybridized carbons (Fsp3) is 0.286. The minimum atomic E-state index is -1.29. The molecule has 0 spiro atoms. The smallest absolute Gasteiger partial charge is 0.350 e. The summed E-state index contributed by atoms with van der Waals surface area (Å²) < 4.78 is 9.89. The van der Waals surface area contributed by atoms with Crippen molar-refractivity contribution in [2.45, 2.75) is 26.6 Å². The zero-order valence-electron chi connectivity index (χ0n) is 11.7. The fourth-order valence-corrected chi connectivity index (χ4v) is 2.05. The quantitative estimate of drug-likeness (QED) is 0.378. The predicted octanol–water partition coefficient (Wildman–Crippen LogP) is 2.49. The zero-order valence-corrected chi connectivity index (χ0v) is 12.4. The first kappa shape index (κ1) is 15.2. The molecule has 0 aromatic heterocycles. The summed E-state index contributed by atoms with van der Waals surface area (Å²) in [5.41, 5.74) is 0.516. The summed E-state index contributed by atoms with van der Waals surface area (Å²) in [6.07, 6.45) is 1.12. The third kappa shape index (κ3) is 3.28. The molecular weight excluding hydrogens is 298 g/mol. The Morgan fingerprint density at radius 3 is 2.38 bits per heavy atom. The van der Waals surface area contributed by atoms with Gasteiger partial charge in [-0.15, -0.1) is 0 Å². The number of rotatable bonds is 2. The maximum Gasteiger partial charge on any atom is 0.350 e. The fourth-order valence-electron chi connectivity index (χ4n) is 1.77. The molecule has 1 saturated heterocycles. The van der Waals surface area contributed by atoms with Crippen molar-refractivity contribution in [3.63, 3.8) is 0 Å². The van der Waals surface area contributed by atoms with Gasteiger partial charge in [0.2, 0.25) is 0 Å². The van der Waals surface area contributed by atoms with Crippen LogP contribution in [0.15, 0.2) is 23.9 Å². The van der Waals surface area contributed by atoms with Crippen LogP contribution in [0.4, 0.5) is 5.69 Å². The number of carbonyl (C=O) groups excluding carboxylic acids is 2. The molecular formula is C14H14ClNO5. The van der Waals surface area contributed by atoms with Crippen molar-refractivity contribution in [2.24, 2.45) is 0 Å². The number of aryl methyl sites for hydroxylation is 1. The third-order valence-electron chi connectivity index (χ3n) is 2.75. The topological polar surface area (TPSA) is 84.9 Å². The molecule has 0 atom stereocenters. The Morgan fingerprint density at radius 2 is 1.81 bits per heavy atom. The molecule has 2 N–H and O–H groups in total. The van der Waals surface area contributed by atoms with Gasteiger partial charge in [0.05, 0.1) is 5.69 Å². The van der Waals surface area contributed by atoms with Gasteiger partial charge in [0.15, 0.2) is 5.57 Å². The molecule has 0 unspecified atom stereocenters. The van der Waals surface area contributed by atoms with E-state index in [-0.39, 0.29) is 17.0 Å². The summed E-state index contributed by atoms with van der Waals surface area (Å²) in [5, 5.41) is 12.9. The largest absolute Gasteiger partial charge is 0.505 e. The molecule has 0 amide bonds. The SMILES string of the molecule is Cc1cc(Cl)cc(NC=C2C(=O)OC(C)(C)OC2=O)c1O. The molecule has 1 aliphatic rings. The van der Waals surface area contributed by atoms with Gasteiger partial charge in [-0.1, -0.05) is 11.6 Å². The molecule has 1 fully saturated rings. The van der Waals surface area contributed by atoms with E-state index < -0.39 is 17.7 Å². The number of phenolic OH excluding ortho intramolecular Hbond substituents is 1. The minimum absolute atomic E-state index is 0.0332. The van der Waals surface area contributed by atoms with Gasteiger partial charge in [-0.2, -0.15) is 0 Å². The second kappa shape index (κ2) is 5.29. The first-order valence-corrected chi connectivity index (χ1v) is 6.50. The second-order valence-electron chi connectivity index (χ2n) is 5.00. The number of aromatic hydroxyl groups is 1. The molecule has 0 radical (unpaired) electrons. The Hall–Kier alpha value is -2.21. The zero-order chi connectivity index (χ0) is 15.8. The lowest BCUT2D eigenvalue weighted by molar-refractivity contribution is -0.222. The van der Waals surface area contributed by atoms with Crippen LogP contribution in [0.3, 0.4) is 0 Å². The summed E-state index contributed by atoms with van der Waals surface area (Å²) >= 11 is 5.88. The van der Waals surface area contributed by atoms with Crippen LogP contribution in [0, 0.1) is 6.92 Å². The van der Waals surface area contributed by atoms with E-state index in [1.165, 1.54) is 19.9 Å². The highest BCUT2D eigenvalue weighted by atomic mass is 35.5. The molecule has 1 aromatic carbocycles. The van der Waals surface area contributed by atoms with Crippen molar-refractivity contribution in [1.29, 1.82) is 0 Å². The van der Waals surface area contributed by atoms with Crippen LogP contribution in [-0.2, 0) is 19.1 Å². The van der Waals surface area contributed by atoms with E-state index in [1.54, 1.807) is 13.0 Å². The van der Waals surface area contributed by atoms with Crippen molar-refractivity contribution in [3.05, 3.63) is 34.5 Å². The number of anilines is 1. The summed E-state index contributed by atoms with van der Waals surface area (Å²) in [5.74, 6) is -2.93. The highest BCUT2D eigenvalue weighted by Crippen LogP contribution is 2.31. The molecule has 6 nitrogen and oxygen atoms in total. The van der Waals surface area contributed by atoms with Crippen molar-refractivity contribution < 1.29 is 24.2 Å². The van der Waals surface area contributed by atoms with Crippen LogP contribution in [0.25, 0.3) is 0 Å². The number of hydrogen-bond acceptors (Lipinski definition) is 6. The Kier molecular flexibility index (Phi) is 3.82. The molecule has 7 heteroatoms. The van der Waals surface area contributed by atoms with Crippen LogP contribution in [0.5, 0.6) is 5.75 Å². The molecule has 112 valence electrons. The Morgan fingerprint density at radius 1 is 1.24 bits per heavy atom. The van der Waals surface area contributed by atoms with Gasteiger partial charge in [0, 0.05) is 25.1 Å². The maximum atomic E-state index is 11.7. The van der Waals surface area contributed by atoms with Gasteiger partial charge in [0.25, 0.3) is 5.79 Å². The van der Waals surface area contributed by atoms with Gasteiger partial charge >= 0.3 is 11.9 Å². The molecule has 21 heavy (non-hydrogen) atoms. The molecule has 1 aromatic rings. The number of cyclic esters (lactones) is 2. The summed E-state index contributed by atoms with van der Waals surface area (Å²) in [4.78, 5) is 23.5. The number of phenols is 1. The van der Waals surface area contributed by atoms with Crippen LogP contribution in [-0.4, -0.2) is 22.8 Å². The molecule has 1 aliphatic heterocycles. The van der Waals surface area contributed by atoms with E-state index in [1.807, 2.05) is 0 Å². The normalized spacial score (nSPS) is 17.0. The Balaban J connectivity index is 2.26. The highest BCUT2D eigenvalue weighted by Gasteiger charge is 2.38. The van der Waals surface area contributed by atoms with Crippen LogP contribution in [0.2, 0.25) is 5.02 Å². The van der Waals surface area contributed by atoms with Crippen LogP contribution < -0.4 is 5.32 Å². The van der Waals surface area contributed by atoms with Gasteiger partial charge in [-0.3, -0.25) is 0 Å². The average Bonchev–Trinajstić information content (AvgIpc) is 2.32. The van der Waals surface area contributed by atoms with Gasteiger partial charge in [-0.25, -0.2) is 9.59 Å². The predicted molar refractivity (Wildman–Crippen MR) is 75.8 cm³/mol. The first-order chi connectivity index (χ1) is 9.69. The van der Waals surface area contributed by atoms with Crippen molar-refractivity contribution in [1.82, 2.24) is 0 Å². The lowest BCUT2D eigenvalue weighted by Crippen LogP contribution is -2.42. The standard InChI is InChI=1S/C14H14ClNO5/c1-7-4-8(15)5-10(11(7)17)16-6-9-12(18)20-14(2,3)21-13(9)19/h4-6,16-17H,1-3H3. The molecule has 0 saturated carbocycles. The van der Waals surface area contributed by atoms with Gasteiger partial charge < -0.3 is 19.9 Å². The second-order valence-corrected chi connectivity index (χ2v) is 5.44. The summed E-state index contributed by atoms with van der Waals surface area (Å²) in [7, 11) is 0. The minimum Gasteiger partial charge on any atom is -0.505 e. The average molecular weight is 312 g/mol. The number of halogens is 1. The molecule has 1 heterocycles. The van der Waals surface area contributed by atoms with Crippen molar-refractivity contribution >= 4 is 29.2 Å². The van der Waals surface area contributed by atoms with Gasteiger partial charge in [0.1, 0.15) is 5.75 Å². The van der Waals surface area contributed by atoms with Gasteiger partial charge in [-0.05, 0) is 24.6 Å². The number of benzene rings is 1. The lowest BCUT2D eigenvalue weighted by atomic mass is 10.2. The van der Waals surface area contributed by atoms with E-state index in [0.29, 0.717) is 10.6 Å². The highest BCUT2D eigenvalue weighted by molar-refractivity contribution is 6.31. The number of carbonyl (C=O) groups is 2. The summed E-state index contributed by atoms with van der Waals surface area (Å²) in [6.45, 7) is 4.59. The van der Waals surface area contributed by atoms with Crippen molar-refractivity contribution in [2.75, 3.05) is 5.32 Å². The Bertz CT molecular complexity index is 629. The van der Waals surface area contributed by atoms with E-state index in [0.717, 1.165) is 6.20 Å². The lowest BCUT2D eigenvalue weighted by Gasteiger charge is -2.29.